The fraction of sp³-hybridized carbons (Fsp3) is 0.200. The van der Waals surface area contributed by atoms with Gasteiger partial charge >= 0.3 is 0 Å². The molecule has 2 aromatic carbocycles. The molecule has 18 heavy (non-hydrogen) atoms. The van der Waals surface area contributed by atoms with Gasteiger partial charge in [0.15, 0.2) is 0 Å². The Kier molecular flexibility index (Phi) is 4.05. The fourth-order valence-corrected chi connectivity index (χ4v) is 1.89. The molecule has 0 aliphatic rings. The van der Waals surface area contributed by atoms with Gasteiger partial charge in [0, 0.05) is 12.1 Å². The van der Waals surface area contributed by atoms with E-state index < -0.39 is 0 Å². The summed E-state index contributed by atoms with van der Waals surface area (Å²) in [5.74, 6) is -0.686. The first-order valence-corrected chi connectivity index (χ1v) is 5.96. The molecule has 1 N–H and O–H groups in total. The summed E-state index contributed by atoms with van der Waals surface area (Å²) < 4.78 is 27.1. The van der Waals surface area contributed by atoms with Crippen LogP contribution in [-0.2, 0) is 6.54 Å². The molecule has 0 saturated carbocycles. The lowest BCUT2D eigenvalue weighted by molar-refractivity contribution is 0.622. The number of hydrogen-bond donors (Lipinski definition) is 1. The highest BCUT2D eigenvalue weighted by Crippen LogP contribution is 2.27. The van der Waals surface area contributed by atoms with E-state index in [2.05, 4.69) is 5.32 Å². The van der Waals surface area contributed by atoms with Gasteiger partial charge in [-0.05, 0) is 35.9 Å². The molecule has 0 radical (unpaired) electrons. The lowest BCUT2D eigenvalue weighted by Gasteiger charge is -2.11. The Morgan fingerprint density at radius 1 is 1.00 bits per heavy atom. The maximum atomic E-state index is 13.8. The van der Waals surface area contributed by atoms with Crippen LogP contribution in [0.15, 0.2) is 42.5 Å². The van der Waals surface area contributed by atoms with Gasteiger partial charge in [0.2, 0.25) is 0 Å². The van der Waals surface area contributed by atoms with Crippen LogP contribution in [0, 0.1) is 11.6 Å². The second-order valence-electron chi connectivity index (χ2n) is 4.06. The summed E-state index contributed by atoms with van der Waals surface area (Å²) in [7, 11) is 0. The number of rotatable bonds is 4. The molecule has 1 nitrogen and oxygen atoms in total. The van der Waals surface area contributed by atoms with E-state index in [0.29, 0.717) is 17.7 Å². The van der Waals surface area contributed by atoms with Crippen molar-refractivity contribution in [3.63, 3.8) is 0 Å². The Morgan fingerprint density at radius 3 is 2.50 bits per heavy atom. The third-order valence-corrected chi connectivity index (χ3v) is 2.80. The molecule has 2 aromatic rings. The van der Waals surface area contributed by atoms with E-state index >= 15 is 0 Å². The molecular weight excluding hydrogens is 232 g/mol. The molecule has 94 valence electrons. The van der Waals surface area contributed by atoms with Crippen LogP contribution in [0.4, 0.5) is 8.78 Å². The first-order chi connectivity index (χ1) is 8.72. The van der Waals surface area contributed by atoms with Crippen LogP contribution in [0.3, 0.4) is 0 Å². The van der Waals surface area contributed by atoms with Crippen molar-refractivity contribution in [3.8, 4) is 11.1 Å². The molecule has 0 unspecified atom stereocenters. The molecule has 0 aromatic heterocycles. The molecule has 0 amide bonds. The topological polar surface area (TPSA) is 12.0 Å². The smallest absolute Gasteiger partial charge is 0.131 e. The minimum atomic E-state index is -0.353. The predicted octanol–water partition coefficient (Wildman–Crippen LogP) is 3.74. The zero-order valence-electron chi connectivity index (χ0n) is 10.2. The third kappa shape index (κ3) is 2.74. The second-order valence-corrected chi connectivity index (χ2v) is 4.06. The van der Waals surface area contributed by atoms with Crippen molar-refractivity contribution in [2.75, 3.05) is 6.54 Å². The standard InChI is InChI=1S/C15H15F2N/c1-2-18-10-11-7-8-12(16)9-14(11)13-5-3-4-6-15(13)17/h3-9,18H,2,10H2,1H3. The lowest BCUT2D eigenvalue weighted by atomic mass is 9.99. The first kappa shape index (κ1) is 12.7. The lowest BCUT2D eigenvalue weighted by Crippen LogP contribution is -2.12. The van der Waals surface area contributed by atoms with E-state index in [1.54, 1.807) is 24.3 Å². The minimum absolute atomic E-state index is 0.333. The molecule has 2 rings (SSSR count). The van der Waals surface area contributed by atoms with Gasteiger partial charge in [-0.2, -0.15) is 0 Å². The van der Waals surface area contributed by atoms with Gasteiger partial charge in [0.1, 0.15) is 11.6 Å². The zero-order valence-corrected chi connectivity index (χ0v) is 10.2. The van der Waals surface area contributed by atoms with Crippen LogP contribution < -0.4 is 5.32 Å². The summed E-state index contributed by atoms with van der Waals surface area (Å²) in [5.41, 5.74) is 1.93. The normalized spacial score (nSPS) is 10.6. The summed E-state index contributed by atoms with van der Waals surface area (Å²) >= 11 is 0. The van der Waals surface area contributed by atoms with Gasteiger partial charge in [-0.1, -0.05) is 31.2 Å². The van der Waals surface area contributed by atoms with Gasteiger partial charge in [0.05, 0.1) is 0 Å². The van der Waals surface area contributed by atoms with Gasteiger partial charge in [-0.25, -0.2) is 8.78 Å². The van der Waals surface area contributed by atoms with Crippen molar-refractivity contribution in [2.24, 2.45) is 0 Å². The summed E-state index contributed by atoms with van der Waals surface area (Å²) in [6.07, 6.45) is 0. The number of hydrogen-bond acceptors (Lipinski definition) is 1. The van der Waals surface area contributed by atoms with Crippen molar-refractivity contribution in [1.82, 2.24) is 5.32 Å². The molecule has 0 aliphatic carbocycles. The average Bonchev–Trinajstić information content (AvgIpc) is 2.38. The Morgan fingerprint density at radius 2 is 1.78 bits per heavy atom. The Balaban J connectivity index is 2.48. The van der Waals surface area contributed by atoms with Crippen molar-refractivity contribution in [3.05, 3.63) is 59.7 Å². The van der Waals surface area contributed by atoms with E-state index in [-0.39, 0.29) is 11.6 Å². The first-order valence-electron chi connectivity index (χ1n) is 5.96. The van der Waals surface area contributed by atoms with E-state index in [4.69, 9.17) is 0 Å². The van der Waals surface area contributed by atoms with Crippen LogP contribution in [0.2, 0.25) is 0 Å². The molecule has 3 heteroatoms. The zero-order chi connectivity index (χ0) is 13.0. The summed E-state index contributed by atoms with van der Waals surface area (Å²) in [6, 6.07) is 10.9. The van der Waals surface area contributed by atoms with Gasteiger partial charge in [-0.3, -0.25) is 0 Å². The minimum Gasteiger partial charge on any atom is -0.313 e. The molecule has 0 bridgehead atoms. The van der Waals surface area contributed by atoms with Crippen molar-refractivity contribution in [2.45, 2.75) is 13.5 Å². The Hall–Kier alpha value is -1.74. The summed E-state index contributed by atoms with van der Waals surface area (Å²) in [5, 5.41) is 3.17. The second kappa shape index (κ2) is 5.74. The van der Waals surface area contributed by atoms with Gasteiger partial charge in [-0.15, -0.1) is 0 Å². The highest BCUT2D eigenvalue weighted by Gasteiger charge is 2.10. The predicted molar refractivity (Wildman–Crippen MR) is 69.2 cm³/mol. The molecule has 0 spiro atoms. The SMILES string of the molecule is CCNCc1ccc(F)cc1-c1ccccc1F. The average molecular weight is 247 g/mol. The third-order valence-electron chi connectivity index (χ3n) is 2.80. The van der Waals surface area contributed by atoms with Crippen LogP contribution in [-0.4, -0.2) is 6.54 Å². The highest BCUT2D eigenvalue weighted by atomic mass is 19.1. The summed E-state index contributed by atoms with van der Waals surface area (Å²) in [4.78, 5) is 0. The molecule has 0 heterocycles. The maximum Gasteiger partial charge on any atom is 0.131 e. The Bertz CT molecular complexity index is 538. The van der Waals surface area contributed by atoms with E-state index in [0.717, 1.165) is 12.1 Å². The Labute approximate surface area is 105 Å². The number of halogens is 2. The van der Waals surface area contributed by atoms with E-state index in [1.165, 1.54) is 18.2 Å². The van der Waals surface area contributed by atoms with Gasteiger partial charge < -0.3 is 5.32 Å². The quantitative estimate of drug-likeness (QED) is 0.867. The van der Waals surface area contributed by atoms with Crippen molar-refractivity contribution >= 4 is 0 Å². The van der Waals surface area contributed by atoms with Crippen LogP contribution in [0.5, 0.6) is 0 Å². The number of benzene rings is 2. The number of nitrogens with one attached hydrogen (secondary N) is 1. The maximum absolute atomic E-state index is 13.8. The molecular formula is C15H15F2N. The van der Waals surface area contributed by atoms with Crippen LogP contribution >= 0.6 is 0 Å². The molecule has 0 atom stereocenters. The van der Waals surface area contributed by atoms with Crippen LogP contribution in [0.1, 0.15) is 12.5 Å². The van der Waals surface area contributed by atoms with Crippen molar-refractivity contribution < 1.29 is 8.78 Å². The molecule has 0 saturated heterocycles. The van der Waals surface area contributed by atoms with Crippen LogP contribution in [0.25, 0.3) is 11.1 Å². The van der Waals surface area contributed by atoms with E-state index in [1.807, 2.05) is 6.92 Å². The summed E-state index contributed by atoms with van der Waals surface area (Å²) in [6.45, 7) is 3.40. The van der Waals surface area contributed by atoms with E-state index in [9.17, 15) is 8.78 Å². The fourth-order valence-electron chi connectivity index (χ4n) is 1.89. The largest absolute Gasteiger partial charge is 0.313 e. The highest BCUT2D eigenvalue weighted by molar-refractivity contribution is 5.68. The van der Waals surface area contributed by atoms with Gasteiger partial charge in [0.25, 0.3) is 0 Å². The van der Waals surface area contributed by atoms with Crippen molar-refractivity contribution in [1.29, 1.82) is 0 Å². The monoisotopic (exact) mass is 247 g/mol. The molecule has 0 fully saturated rings. The molecule has 0 aliphatic heterocycles.